The fraction of sp³-hybridized carbons (Fsp3) is 0.0625. The predicted octanol–water partition coefficient (Wildman–Crippen LogP) is 2.72. The number of carbonyl (C=O) groups is 2. The van der Waals surface area contributed by atoms with Crippen LogP contribution in [-0.2, 0) is 0 Å². The molecule has 0 aromatic heterocycles. The number of aromatic hydroxyl groups is 1. The number of hydrogen-bond acceptors (Lipinski definition) is 4. The van der Waals surface area contributed by atoms with Crippen LogP contribution in [0.25, 0.3) is 0 Å². The zero-order valence-electron chi connectivity index (χ0n) is 10.5. The van der Waals surface area contributed by atoms with Gasteiger partial charge in [0.25, 0.3) is 0 Å². The minimum atomic E-state index is -0.433. The number of Topliss-reactive ketones (excluding diaryl/α,β-unsaturated/α-hetero) is 2. The molecule has 98 valence electrons. The highest BCUT2D eigenvalue weighted by Gasteiger charge is 2.16. The van der Waals surface area contributed by atoms with E-state index in [1.165, 1.54) is 36.4 Å². The molecule has 0 aliphatic rings. The normalized spacial score (nSPS) is 9.75. The van der Waals surface area contributed by atoms with Crippen molar-refractivity contribution in [3.63, 3.8) is 0 Å². The standard InChI is InChI=1S/C16H11NO3/c17-10-11-5-7-12(8-6-11)15(19)9-16(20)13-3-1-2-4-14(13)18/h1-8,18H,9H2. The third kappa shape index (κ3) is 2.90. The van der Waals surface area contributed by atoms with Crippen molar-refractivity contribution in [2.75, 3.05) is 0 Å². The fourth-order valence-electron chi connectivity index (χ4n) is 1.78. The van der Waals surface area contributed by atoms with E-state index in [1.807, 2.05) is 6.07 Å². The van der Waals surface area contributed by atoms with Gasteiger partial charge in [-0.2, -0.15) is 5.26 Å². The van der Waals surface area contributed by atoms with Crippen molar-refractivity contribution in [1.29, 1.82) is 5.26 Å². The second kappa shape index (κ2) is 5.81. The first kappa shape index (κ1) is 13.5. The molecule has 1 N–H and O–H groups in total. The zero-order chi connectivity index (χ0) is 14.5. The molecule has 0 aliphatic heterocycles. The Balaban J connectivity index is 2.13. The number of nitriles is 1. The van der Waals surface area contributed by atoms with Gasteiger partial charge in [-0.3, -0.25) is 9.59 Å². The molecule has 0 amide bonds. The second-order valence-electron chi connectivity index (χ2n) is 4.23. The molecule has 2 aromatic rings. The highest BCUT2D eigenvalue weighted by atomic mass is 16.3. The molecule has 20 heavy (non-hydrogen) atoms. The number of hydrogen-bond donors (Lipinski definition) is 1. The molecule has 2 rings (SSSR count). The van der Waals surface area contributed by atoms with Crippen molar-refractivity contribution in [2.45, 2.75) is 6.42 Å². The Hall–Kier alpha value is -2.93. The molecular weight excluding hydrogens is 254 g/mol. The molecule has 0 bridgehead atoms. The van der Waals surface area contributed by atoms with Crippen molar-refractivity contribution in [3.8, 4) is 11.8 Å². The number of nitrogens with zero attached hydrogens (tertiary/aromatic N) is 1. The second-order valence-corrected chi connectivity index (χ2v) is 4.23. The SMILES string of the molecule is N#Cc1ccc(C(=O)CC(=O)c2ccccc2O)cc1. The third-order valence-electron chi connectivity index (χ3n) is 2.86. The lowest BCUT2D eigenvalue weighted by molar-refractivity contribution is 0.0893. The van der Waals surface area contributed by atoms with Crippen LogP contribution in [0.5, 0.6) is 5.75 Å². The zero-order valence-corrected chi connectivity index (χ0v) is 10.5. The van der Waals surface area contributed by atoms with E-state index in [1.54, 1.807) is 12.1 Å². The Morgan fingerprint density at radius 1 is 1.00 bits per heavy atom. The monoisotopic (exact) mass is 265 g/mol. The summed E-state index contributed by atoms with van der Waals surface area (Å²) < 4.78 is 0. The lowest BCUT2D eigenvalue weighted by Crippen LogP contribution is -2.08. The van der Waals surface area contributed by atoms with Crippen LogP contribution in [0.4, 0.5) is 0 Å². The van der Waals surface area contributed by atoms with Crippen LogP contribution < -0.4 is 0 Å². The van der Waals surface area contributed by atoms with Crippen molar-refractivity contribution in [1.82, 2.24) is 0 Å². The lowest BCUT2D eigenvalue weighted by atomic mass is 10.0. The summed E-state index contributed by atoms with van der Waals surface area (Å²) in [5, 5.41) is 18.2. The van der Waals surface area contributed by atoms with Gasteiger partial charge in [0.05, 0.1) is 23.6 Å². The Kier molecular flexibility index (Phi) is 3.92. The van der Waals surface area contributed by atoms with Crippen LogP contribution in [0.3, 0.4) is 0 Å². The van der Waals surface area contributed by atoms with Gasteiger partial charge < -0.3 is 5.11 Å². The van der Waals surface area contributed by atoms with E-state index in [-0.39, 0.29) is 23.5 Å². The molecule has 4 nitrogen and oxygen atoms in total. The molecule has 0 unspecified atom stereocenters. The molecule has 0 saturated heterocycles. The highest BCUT2D eigenvalue weighted by molar-refractivity contribution is 6.14. The van der Waals surface area contributed by atoms with E-state index in [0.29, 0.717) is 11.1 Å². The van der Waals surface area contributed by atoms with Gasteiger partial charge in [-0.1, -0.05) is 24.3 Å². The van der Waals surface area contributed by atoms with Gasteiger partial charge in [0.2, 0.25) is 0 Å². The van der Waals surface area contributed by atoms with Crippen molar-refractivity contribution in [3.05, 3.63) is 65.2 Å². The highest BCUT2D eigenvalue weighted by Crippen LogP contribution is 2.18. The predicted molar refractivity (Wildman–Crippen MR) is 72.5 cm³/mol. The summed E-state index contributed by atoms with van der Waals surface area (Å²) in [6.45, 7) is 0. The lowest BCUT2D eigenvalue weighted by Gasteiger charge is -2.03. The molecule has 0 atom stereocenters. The minimum absolute atomic E-state index is 0.134. The van der Waals surface area contributed by atoms with Crippen LogP contribution in [0.2, 0.25) is 0 Å². The van der Waals surface area contributed by atoms with Gasteiger partial charge in [0.1, 0.15) is 5.75 Å². The maximum atomic E-state index is 12.0. The van der Waals surface area contributed by atoms with E-state index in [0.717, 1.165) is 0 Å². The largest absolute Gasteiger partial charge is 0.507 e. The van der Waals surface area contributed by atoms with Crippen LogP contribution in [0.1, 0.15) is 32.7 Å². The molecule has 0 fully saturated rings. The van der Waals surface area contributed by atoms with Gasteiger partial charge in [-0.15, -0.1) is 0 Å². The number of para-hydroxylation sites is 1. The van der Waals surface area contributed by atoms with Gasteiger partial charge in [-0.05, 0) is 24.3 Å². The topological polar surface area (TPSA) is 78.2 Å². The molecular formula is C16H11NO3. The molecule has 0 heterocycles. The Labute approximate surface area is 115 Å². The van der Waals surface area contributed by atoms with E-state index in [4.69, 9.17) is 5.26 Å². The third-order valence-corrected chi connectivity index (χ3v) is 2.86. The number of benzene rings is 2. The van der Waals surface area contributed by atoms with Crippen molar-refractivity contribution >= 4 is 11.6 Å². The number of carbonyl (C=O) groups excluding carboxylic acids is 2. The Bertz CT molecular complexity index is 696. The van der Waals surface area contributed by atoms with Crippen LogP contribution in [0, 0.1) is 11.3 Å². The molecule has 0 spiro atoms. The summed E-state index contributed by atoms with van der Waals surface area (Å²) in [4.78, 5) is 23.9. The first-order valence-corrected chi connectivity index (χ1v) is 5.96. The molecule has 0 saturated carbocycles. The summed E-state index contributed by atoms with van der Waals surface area (Å²) in [5.74, 6) is -0.912. The Morgan fingerprint density at radius 2 is 1.65 bits per heavy atom. The maximum absolute atomic E-state index is 12.0. The molecule has 0 radical (unpaired) electrons. The van der Waals surface area contributed by atoms with Gasteiger partial charge in [0, 0.05) is 5.56 Å². The van der Waals surface area contributed by atoms with Gasteiger partial charge >= 0.3 is 0 Å². The van der Waals surface area contributed by atoms with Crippen molar-refractivity contribution in [2.24, 2.45) is 0 Å². The maximum Gasteiger partial charge on any atom is 0.174 e. The van der Waals surface area contributed by atoms with Crippen LogP contribution in [-0.4, -0.2) is 16.7 Å². The van der Waals surface area contributed by atoms with Crippen molar-refractivity contribution < 1.29 is 14.7 Å². The summed E-state index contributed by atoms with van der Waals surface area (Å²) in [6.07, 6.45) is -0.316. The first-order valence-electron chi connectivity index (χ1n) is 5.96. The number of rotatable bonds is 4. The van der Waals surface area contributed by atoms with Gasteiger partial charge in [0.15, 0.2) is 11.6 Å². The first-order chi connectivity index (χ1) is 9.61. The average Bonchev–Trinajstić information content (AvgIpc) is 2.47. The summed E-state index contributed by atoms with van der Waals surface area (Å²) >= 11 is 0. The summed E-state index contributed by atoms with van der Waals surface area (Å²) in [5.41, 5.74) is 0.954. The average molecular weight is 265 g/mol. The van der Waals surface area contributed by atoms with Crippen LogP contribution in [0.15, 0.2) is 48.5 Å². The smallest absolute Gasteiger partial charge is 0.174 e. The van der Waals surface area contributed by atoms with E-state index in [9.17, 15) is 14.7 Å². The van der Waals surface area contributed by atoms with E-state index < -0.39 is 5.78 Å². The molecule has 2 aromatic carbocycles. The summed E-state index contributed by atoms with van der Waals surface area (Å²) in [6, 6.07) is 14.1. The minimum Gasteiger partial charge on any atom is -0.507 e. The fourth-order valence-corrected chi connectivity index (χ4v) is 1.78. The number of ketones is 2. The quantitative estimate of drug-likeness (QED) is 0.681. The van der Waals surface area contributed by atoms with Gasteiger partial charge in [-0.25, -0.2) is 0 Å². The van der Waals surface area contributed by atoms with E-state index in [2.05, 4.69) is 0 Å². The molecule has 0 aliphatic carbocycles. The molecule has 4 heteroatoms. The summed E-state index contributed by atoms with van der Waals surface area (Å²) in [7, 11) is 0. The number of phenolic OH excluding ortho intramolecular Hbond substituents is 1. The van der Waals surface area contributed by atoms with Crippen LogP contribution >= 0.6 is 0 Å². The Morgan fingerprint density at radius 3 is 2.25 bits per heavy atom. The van der Waals surface area contributed by atoms with E-state index >= 15 is 0 Å². The number of phenols is 1.